The molecule has 1 saturated carbocycles. The molecule has 112 valence electrons. The van der Waals surface area contributed by atoms with Crippen LogP contribution < -0.4 is 5.32 Å². The van der Waals surface area contributed by atoms with E-state index >= 15 is 0 Å². The van der Waals surface area contributed by atoms with Gasteiger partial charge >= 0.3 is 16.3 Å². The Bertz CT molecular complexity index is 416. The van der Waals surface area contributed by atoms with Crippen LogP contribution in [0.3, 0.4) is 0 Å². The second kappa shape index (κ2) is 6.07. The first-order valence-electron chi connectivity index (χ1n) is 6.49. The van der Waals surface area contributed by atoms with Crippen molar-refractivity contribution in [2.45, 2.75) is 58.1 Å². The van der Waals surface area contributed by atoms with Crippen molar-refractivity contribution in [1.82, 2.24) is 5.32 Å². The largest absolute Gasteiger partial charge is 0.444 e. The highest BCUT2D eigenvalue weighted by Gasteiger charge is 2.31. The molecule has 0 heterocycles. The predicted molar refractivity (Wildman–Crippen MR) is 70.0 cm³/mol. The lowest BCUT2D eigenvalue weighted by atomic mass is 9.86. The van der Waals surface area contributed by atoms with Gasteiger partial charge in [-0.1, -0.05) is 12.8 Å². The fourth-order valence-electron chi connectivity index (χ4n) is 2.31. The summed E-state index contributed by atoms with van der Waals surface area (Å²) < 4.78 is 39.4. The smallest absolute Gasteiger partial charge is 0.407 e. The lowest BCUT2D eigenvalue weighted by Crippen LogP contribution is -2.46. The van der Waals surface area contributed by atoms with E-state index < -0.39 is 27.7 Å². The van der Waals surface area contributed by atoms with Crippen LogP contribution in [0, 0.1) is 5.92 Å². The Morgan fingerprint density at radius 3 is 2.42 bits per heavy atom. The molecule has 2 unspecified atom stereocenters. The molecule has 1 aliphatic carbocycles. The Hall–Kier alpha value is -0.850. The molecule has 5 nitrogen and oxygen atoms in total. The first kappa shape index (κ1) is 16.2. The van der Waals surface area contributed by atoms with Gasteiger partial charge in [0.05, 0.1) is 5.75 Å². The van der Waals surface area contributed by atoms with Gasteiger partial charge in [0.1, 0.15) is 5.60 Å². The zero-order valence-electron chi connectivity index (χ0n) is 11.6. The molecule has 7 heteroatoms. The van der Waals surface area contributed by atoms with E-state index in [2.05, 4.69) is 5.32 Å². The van der Waals surface area contributed by atoms with Gasteiger partial charge in [0.2, 0.25) is 0 Å². The molecule has 1 amide bonds. The van der Waals surface area contributed by atoms with E-state index in [4.69, 9.17) is 4.74 Å². The number of amides is 1. The average molecular weight is 295 g/mol. The monoisotopic (exact) mass is 295 g/mol. The molecule has 0 radical (unpaired) electrons. The highest BCUT2D eigenvalue weighted by molar-refractivity contribution is 7.86. The average Bonchev–Trinajstić information content (AvgIpc) is 2.15. The maximum Gasteiger partial charge on any atom is 0.407 e. The first-order chi connectivity index (χ1) is 8.57. The SMILES string of the molecule is CC(C)(C)OC(=O)NC1CCCCC1CS(=O)(=O)F. The predicted octanol–water partition coefficient (Wildman–Crippen LogP) is 2.37. The van der Waals surface area contributed by atoms with Crippen LogP contribution in [-0.2, 0) is 15.0 Å². The Morgan fingerprint density at radius 1 is 1.32 bits per heavy atom. The van der Waals surface area contributed by atoms with Gasteiger partial charge in [-0.2, -0.15) is 8.42 Å². The quantitative estimate of drug-likeness (QED) is 0.811. The fraction of sp³-hybridized carbons (Fsp3) is 0.917. The number of hydrogen-bond acceptors (Lipinski definition) is 4. The van der Waals surface area contributed by atoms with Crippen LogP contribution in [0.25, 0.3) is 0 Å². The Balaban J connectivity index is 2.60. The summed E-state index contributed by atoms with van der Waals surface area (Å²) in [6.45, 7) is 5.24. The van der Waals surface area contributed by atoms with Gasteiger partial charge in [-0.3, -0.25) is 0 Å². The number of hydrogen-bond donors (Lipinski definition) is 1. The van der Waals surface area contributed by atoms with Gasteiger partial charge in [-0.25, -0.2) is 4.79 Å². The second-order valence-electron chi connectivity index (χ2n) is 6.00. The topological polar surface area (TPSA) is 72.5 Å². The van der Waals surface area contributed by atoms with Gasteiger partial charge < -0.3 is 10.1 Å². The molecule has 1 N–H and O–H groups in total. The number of nitrogens with one attached hydrogen (secondary N) is 1. The molecule has 0 aliphatic heterocycles. The van der Waals surface area contributed by atoms with E-state index in [0.29, 0.717) is 12.8 Å². The van der Waals surface area contributed by atoms with Crippen LogP contribution in [0.1, 0.15) is 46.5 Å². The zero-order chi connectivity index (χ0) is 14.7. The lowest BCUT2D eigenvalue weighted by Gasteiger charge is -2.32. The Labute approximate surface area is 114 Å². The van der Waals surface area contributed by atoms with Gasteiger partial charge in [0.15, 0.2) is 0 Å². The highest BCUT2D eigenvalue weighted by Crippen LogP contribution is 2.26. The van der Waals surface area contributed by atoms with Gasteiger partial charge in [0.25, 0.3) is 0 Å². The van der Waals surface area contributed by atoms with Crippen LogP contribution in [0.2, 0.25) is 0 Å². The summed E-state index contributed by atoms with van der Waals surface area (Å²) in [5.74, 6) is -0.913. The van der Waals surface area contributed by atoms with Crippen molar-refractivity contribution in [3.8, 4) is 0 Å². The molecule has 0 aromatic rings. The summed E-state index contributed by atoms with van der Waals surface area (Å²) in [4.78, 5) is 11.7. The molecule has 19 heavy (non-hydrogen) atoms. The maximum absolute atomic E-state index is 12.8. The van der Waals surface area contributed by atoms with Crippen LogP contribution in [-0.4, -0.2) is 31.9 Å². The molecule has 1 aliphatic rings. The number of carbonyl (C=O) groups is 1. The minimum Gasteiger partial charge on any atom is -0.444 e. The number of alkyl carbamates (subject to hydrolysis) is 1. The van der Waals surface area contributed by atoms with Crippen molar-refractivity contribution < 1.29 is 21.8 Å². The summed E-state index contributed by atoms with van der Waals surface area (Å²) in [6, 6.07) is -0.339. The Kier molecular flexibility index (Phi) is 5.18. The van der Waals surface area contributed by atoms with E-state index in [0.717, 1.165) is 12.8 Å². The summed E-state index contributed by atoms with van der Waals surface area (Å²) in [5, 5.41) is 2.66. The molecular formula is C12H22FNO4S. The van der Waals surface area contributed by atoms with Crippen molar-refractivity contribution in [1.29, 1.82) is 0 Å². The molecule has 1 rings (SSSR count). The maximum atomic E-state index is 12.8. The molecule has 0 bridgehead atoms. The number of rotatable bonds is 3. The minimum absolute atomic E-state index is 0.339. The third-order valence-electron chi connectivity index (χ3n) is 3.02. The van der Waals surface area contributed by atoms with Crippen LogP contribution in [0.4, 0.5) is 8.68 Å². The molecule has 0 spiro atoms. The van der Waals surface area contributed by atoms with Crippen LogP contribution in [0.15, 0.2) is 0 Å². The Morgan fingerprint density at radius 2 is 1.89 bits per heavy atom. The van der Waals surface area contributed by atoms with E-state index in [-0.39, 0.29) is 12.0 Å². The minimum atomic E-state index is -4.52. The van der Waals surface area contributed by atoms with Gasteiger partial charge in [-0.05, 0) is 39.5 Å². The number of ether oxygens (including phenoxy) is 1. The van der Waals surface area contributed by atoms with Crippen molar-refractivity contribution in [3.63, 3.8) is 0 Å². The third kappa shape index (κ3) is 6.75. The normalized spacial score (nSPS) is 24.8. The van der Waals surface area contributed by atoms with E-state index in [1.807, 2.05) is 0 Å². The van der Waals surface area contributed by atoms with Gasteiger partial charge in [0, 0.05) is 6.04 Å². The van der Waals surface area contributed by atoms with Crippen molar-refractivity contribution in [2.24, 2.45) is 5.92 Å². The molecule has 0 saturated heterocycles. The fourth-order valence-corrected chi connectivity index (χ4v) is 3.22. The van der Waals surface area contributed by atoms with Crippen LogP contribution in [0.5, 0.6) is 0 Å². The van der Waals surface area contributed by atoms with E-state index in [1.165, 1.54) is 0 Å². The summed E-state index contributed by atoms with van der Waals surface area (Å²) in [5.41, 5.74) is -0.611. The number of halogens is 1. The lowest BCUT2D eigenvalue weighted by molar-refractivity contribution is 0.0473. The number of carbonyl (C=O) groups excluding carboxylic acids is 1. The van der Waals surface area contributed by atoms with E-state index in [1.54, 1.807) is 20.8 Å². The summed E-state index contributed by atoms with van der Waals surface area (Å²) in [7, 11) is -4.52. The first-order valence-corrected chi connectivity index (χ1v) is 8.04. The van der Waals surface area contributed by atoms with Gasteiger partial charge in [-0.15, -0.1) is 3.89 Å². The third-order valence-corrected chi connectivity index (χ3v) is 3.85. The second-order valence-corrected chi connectivity index (χ2v) is 7.41. The van der Waals surface area contributed by atoms with Crippen molar-refractivity contribution in [2.75, 3.05) is 5.75 Å². The van der Waals surface area contributed by atoms with Crippen molar-refractivity contribution >= 4 is 16.3 Å². The summed E-state index contributed by atoms with van der Waals surface area (Å²) in [6.07, 6.45) is 2.42. The molecular weight excluding hydrogens is 273 g/mol. The standard InChI is InChI=1S/C12H22FNO4S/c1-12(2,3)18-11(15)14-10-7-5-4-6-9(10)8-19(13,16)17/h9-10H,4-8H2,1-3H3,(H,14,15). The molecule has 0 aromatic heterocycles. The van der Waals surface area contributed by atoms with E-state index in [9.17, 15) is 17.1 Å². The van der Waals surface area contributed by atoms with Crippen LogP contribution >= 0.6 is 0 Å². The van der Waals surface area contributed by atoms with Crippen molar-refractivity contribution in [3.05, 3.63) is 0 Å². The zero-order valence-corrected chi connectivity index (χ0v) is 12.4. The molecule has 2 atom stereocenters. The summed E-state index contributed by atoms with van der Waals surface area (Å²) >= 11 is 0. The highest BCUT2D eigenvalue weighted by atomic mass is 32.3. The molecule has 1 fully saturated rings. The molecule has 0 aromatic carbocycles.